The maximum atomic E-state index is 12.2. The lowest BCUT2D eigenvalue weighted by Gasteiger charge is -2.17. The van der Waals surface area contributed by atoms with Crippen LogP contribution in [-0.4, -0.2) is 61.0 Å². The maximum Gasteiger partial charge on any atom is 0.339 e. The molecule has 0 heterocycles. The molecule has 1 N–H and O–H groups in total. The van der Waals surface area contributed by atoms with Crippen LogP contribution in [0.5, 0.6) is 0 Å². The quantitative estimate of drug-likeness (QED) is 0.489. The molecule has 2 amide bonds. The number of Topliss-reactive ketones (excluding diaryl/α,β-unsaturated/α-hetero) is 1. The first-order valence-corrected chi connectivity index (χ1v) is 9.22. The summed E-state index contributed by atoms with van der Waals surface area (Å²) in [5.74, 6) is -1.14. The fourth-order valence-electron chi connectivity index (χ4n) is 1.88. The number of nitrogens with zero attached hydrogens (tertiary/aromatic N) is 1. The number of hydrogen-bond acceptors (Lipinski definition) is 6. The van der Waals surface area contributed by atoms with Gasteiger partial charge in [0.25, 0.3) is 5.91 Å². The van der Waals surface area contributed by atoms with Crippen LogP contribution in [0.25, 0.3) is 0 Å². The molecule has 1 aromatic carbocycles. The van der Waals surface area contributed by atoms with Gasteiger partial charge in [-0.3, -0.25) is 14.4 Å². The van der Waals surface area contributed by atoms with Crippen LogP contribution in [0.2, 0.25) is 0 Å². The summed E-state index contributed by atoms with van der Waals surface area (Å²) >= 11 is 1.24. The van der Waals surface area contributed by atoms with Crippen LogP contribution >= 0.6 is 11.8 Å². The van der Waals surface area contributed by atoms with Gasteiger partial charge < -0.3 is 15.0 Å². The van der Waals surface area contributed by atoms with Crippen molar-refractivity contribution in [1.29, 1.82) is 0 Å². The Morgan fingerprint density at radius 1 is 1.19 bits per heavy atom. The standard InChI is InChI=1S/C18H24N2O5S/c1-4-9-19-16(22)10-20(3)17(23)11-25-18(24)14-7-5-6-8-15(14)26-12-13(2)21/h5-8H,4,9-12H2,1-3H3,(H,19,22). The molecule has 7 nitrogen and oxygen atoms in total. The topological polar surface area (TPSA) is 92.8 Å². The lowest BCUT2D eigenvalue weighted by molar-refractivity contribution is -0.137. The molecule has 0 aliphatic heterocycles. The van der Waals surface area contributed by atoms with Gasteiger partial charge in [-0.25, -0.2) is 4.79 Å². The van der Waals surface area contributed by atoms with E-state index in [-0.39, 0.29) is 24.0 Å². The number of carbonyl (C=O) groups is 4. The van der Waals surface area contributed by atoms with Gasteiger partial charge in [0, 0.05) is 18.5 Å². The summed E-state index contributed by atoms with van der Waals surface area (Å²) in [5, 5.41) is 2.67. The summed E-state index contributed by atoms with van der Waals surface area (Å²) in [6, 6.07) is 6.74. The third kappa shape index (κ3) is 7.69. The highest BCUT2D eigenvalue weighted by Gasteiger charge is 2.18. The summed E-state index contributed by atoms with van der Waals surface area (Å²) in [7, 11) is 1.47. The highest BCUT2D eigenvalue weighted by atomic mass is 32.2. The van der Waals surface area contributed by atoms with Gasteiger partial charge in [0.05, 0.1) is 17.9 Å². The largest absolute Gasteiger partial charge is 0.452 e. The highest BCUT2D eigenvalue weighted by Crippen LogP contribution is 2.23. The minimum atomic E-state index is -0.645. The molecular weight excluding hydrogens is 356 g/mol. The minimum absolute atomic E-state index is 0.00340. The van der Waals surface area contributed by atoms with Crippen molar-refractivity contribution in [2.24, 2.45) is 0 Å². The van der Waals surface area contributed by atoms with E-state index >= 15 is 0 Å². The maximum absolute atomic E-state index is 12.2. The molecule has 0 fully saturated rings. The van der Waals surface area contributed by atoms with E-state index in [0.717, 1.165) is 6.42 Å². The molecule has 1 aromatic rings. The van der Waals surface area contributed by atoms with Crippen LogP contribution in [0, 0.1) is 0 Å². The molecule has 0 radical (unpaired) electrons. The van der Waals surface area contributed by atoms with Crippen molar-refractivity contribution in [2.75, 3.05) is 32.5 Å². The van der Waals surface area contributed by atoms with Gasteiger partial charge >= 0.3 is 5.97 Å². The molecule has 0 aromatic heterocycles. The zero-order chi connectivity index (χ0) is 19.5. The van der Waals surface area contributed by atoms with Crippen LogP contribution in [-0.2, 0) is 19.1 Å². The van der Waals surface area contributed by atoms with Crippen LogP contribution in [0.3, 0.4) is 0 Å². The number of rotatable bonds is 10. The molecule has 0 unspecified atom stereocenters. The van der Waals surface area contributed by atoms with Gasteiger partial charge in [0.15, 0.2) is 6.61 Å². The van der Waals surface area contributed by atoms with E-state index in [1.54, 1.807) is 24.3 Å². The van der Waals surface area contributed by atoms with E-state index in [4.69, 9.17) is 4.74 Å². The lowest BCUT2D eigenvalue weighted by atomic mass is 10.2. The van der Waals surface area contributed by atoms with Crippen molar-refractivity contribution in [2.45, 2.75) is 25.2 Å². The monoisotopic (exact) mass is 380 g/mol. The second kappa shape index (κ2) is 11.3. The second-order valence-electron chi connectivity index (χ2n) is 5.66. The Kier molecular flexibility index (Phi) is 9.43. The predicted molar refractivity (Wildman–Crippen MR) is 99.1 cm³/mol. The van der Waals surface area contributed by atoms with Gasteiger partial charge in [-0.2, -0.15) is 0 Å². The van der Waals surface area contributed by atoms with E-state index in [9.17, 15) is 19.2 Å². The third-order valence-corrected chi connectivity index (χ3v) is 4.46. The number of esters is 1. The first-order chi connectivity index (χ1) is 12.3. The van der Waals surface area contributed by atoms with Crippen molar-refractivity contribution in [3.8, 4) is 0 Å². The number of benzene rings is 1. The summed E-state index contributed by atoms with van der Waals surface area (Å²) in [6.07, 6.45) is 0.808. The minimum Gasteiger partial charge on any atom is -0.452 e. The number of carbonyl (C=O) groups excluding carboxylic acids is 4. The fraction of sp³-hybridized carbons (Fsp3) is 0.444. The molecule has 0 aliphatic rings. The van der Waals surface area contributed by atoms with Gasteiger partial charge in [0.2, 0.25) is 5.91 Å². The van der Waals surface area contributed by atoms with Crippen molar-refractivity contribution < 1.29 is 23.9 Å². The molecule has 0 saturated carbocycles. The van der Waals surface area contributed by atoms with Crippen LogP contribution in [0.4, 0.5) is 0 Å². The number of hydrogen-bond donors (Lipinski definition) is 1. The van der Waals surface area contributed by atoms with Crippen molar-refractivity contribution >= 4 is 35.3 Å². The van der Waals surface area contributed by atoms with E-state index in [1.807, 2.05) is 6.92 Å². The first kappa shape index (κ1) is 21.7. The van der Waals surface area contributed by atoms with Crippen LogP contribution in [0.1, 0.15) is 30.6 Å². The van der Waals surface area contributed by atoms with Gasteiger partial charge in [-0.1, -0.05) is 19.1 Å². The molecule has 0 aliphatic carbocycles. The Hall–Kier alpha value is -2.35. The fourth-order valence-corrected chi connectivity index (χ4v) is 2.72. The normalized spacial score (nSPS) is 10.1. The number of nitrogens with one attached hydrogen (secondary N) is 1. The van der Waals surface area contributed by atoms with E-state index in [2.05, 4.69) is 5.32 Å². The van der Waals surface area contributed by atoms with E-state index in [1.165, 1.54) is 30.6 Å². The summed E-state index contributed by atoms with van der Waals surface area (Å²) in [4.78, 5) is 48.8. The number of ether oxygens (including phenoxy) is 1. The van der Waals surface area contributed by atoms with Crippen molar-refractivity contribution in [3.63, 3.8) is 0 Å². The molecule has 26 heavy (non-hydrogen) atoms. The molecule has 0 spiro atoms. The average Bonchev–Trinajstić information content (AvgIpc) is 2.62. The van der Waals surface area contributed by atoms with E-state index < -0.39 is 18.5 Å². The molecule has 8 heteroatoms. The van der Waals surface area contributed by atoms with Crippen LogP contribution in [0.15, 0.2) is 29.2 Å². The molecule has 0 saturated heterocycles. The van der Waals surface area contributed by atoms with E-state index in [0.29, 0.717) is 17.0 Å². The predicted octanol–water partition coefficient (Wildman–Crippen LogP) is 1.51. The van der Waals surface area contributed by atoms with Gasteiger partial charge in [0.1, 0.15) is 5.78 Å². The Morgan fingerprint density at radius 3 is 2.54 bits per heavy atom. The number of amides is 2. The van der Waals surface area contributed by atoms with Crippen molar-refractivity contribution in [1.82, 2.24) is 10.2 Å². The zero-order valence-corrected chi connectivity index (χ0v) is 16.1. The van der Waals surface area contributed by atoms with Gasteiger partial charge in [-0.05, 0) is 25.5 Å². The molecule has 0 bridgehead atoms. The zero-order valence-electron chi connectivity index (χ0n) is 15.2. The summed E-state index contributed by atoms with van der Waals surface area (Å²) in [5.41, 5.74) is 0.301. The number of likely N-dealkylation sites (N-methyl/N-ethyl adjacent to an activating group) is 1. The average molecular weight is 380 g/mol. The molecule has 0 atom stereocenters. The third-order valence-electron chi connectivity index (χ3n) is 3.24. The van der Waals surface area contributed by atoms with Crippen molar-refractivity contribution in [3.05, 3.63) is 29.8 Å². The smallest absolute Gasteiger partial charge is 0.339 e. The first-order valence-electron chi connectivity index (χ1n) is 8.24. The Morgan fingerprint density at radius 2 is 1.88 bits per heavy atom. The summed E-state index contributed by atoms with van der Waals surface area (Å²) < 4.78 is 5.06. The Bertz CT molecular complexity index is 663. The Labute approximate surface area is 157 Å². The SMILES string of the molecule is CCCNC(=O)CN(C)C(=O)COC(=O)c1ccccc1SCC(C)=O. The molecule has 142 valence electrons. The van der Waals surface area contributed by atoms with Crippen LogP contribution < -0.4 is 5.32 Å². The Balaban J connectivity index is 2.56. The van der Waals surface area contributed by atoms with Gasteiger partial charge in [-0.15, -0.1) is 11.8 Å². The molecular formula is C18H24N2O5S. The highest BCUT2D eigenvalue weighted by molar-refractivity contribution is 8.00. The lowest BCUT2D eigenvalue weighted by Crippen LogP contribution is -2.40. The number of thioether (sulfide) groups is 1. The number of ketones is 1. The molecule has 1 rings (SSSR count). The second-order valence-corrected chi connectivity index (χ2v) is 6.68. The summed E-state index contributed by atoms with van der Waals surface area (Å²) in [6.45, 7) is 3.40.